The zero-order valence-corrected chi connectivity index (χ0v) is 23.1. The second-order valence-corrected chi connectivity index (χ2v) is 9.86. The van der Waals surface area contributed by atoms with E-state index in [0.717, 1.165) is 5.56 Å². The lowest BCUT2D eigenvalue weighted by Gasteiger charge is -2.24. The van der Waals surface area contributed by atoms with Crippen LogP contribution in [-0.4, -0.2) is 37.3 Å². The third kappa shape index (κ3) is 5.01. The second kappa shape index (κ2) is 11.2. The topological polar surface area (TPSA) is 109 Å². The monoisotopic (exact) mass is 558 g/mol. The van der Waals surface area contributed by atoms with Gasteiger partial charge in [0.1, 0.15) is 17.3 Å². The van der Waals surface area contributed by atoms with Crippen molar-refractivity contribution in [2.45, 2.75) is 19.9 Å². The van der Waals surface area contributed by atoms with Gasteiger partial charge in [0, 0.05) is 11.6 Å². The van der Waals surface area contributed by atoms with Crippen molar-refractivity contribution in [1.29, 1.82) is 0 Å². The molecule has 2 aromatic carbocycles. The molecule has 0 spiro atoms. The van der Waals surface area contributed by atoms with Gasteiger partial charge in [-0.05, 0) is 55.8 Å². The Morgan fingerprint density at radius 1 is 1.07 bits per heavy atom. The van der Waals surface area contributed by atoms with Gasteiger partial charge in [0.15, 0.2) is 4.80 Å². The number of carbonyl (C=O) groups excluding carboxylic acids is 2. The molecule has 9 nitrogen and oxygen atoms in total. The minimum Gasteiger partial charge on any atom is -0.497 e. The van der Waals surface area contributed by atoms with Gasteiger partial charge in [-0.2, -0.15) is 0 Å². The SMILES string of the molecule is CCOC(=O)C1=C(C)N=c2s/c(=C\c3ccc(-c4ccc(C(=O)OC)cc4)o3)c(=O)n2C1c1cccc(OC)c1. The predicted molar refractivity (Wildman–Crippen MR) is 149 cm³/mol. The molecule has 0 saturated heterocycles. The zero-order valence-electron chi connectivity index (χ0n) is 22.3. The molecule has 5 rings (SSSR count). The normalized spacial score (nSPS) is 14.9. The highest BCUT2D eigenvalue weighted by Crippen LogP contribution is 2.32. The summed E-state index contributed by atoms with van der Waals surface area (Å²) in [7, 11) is 2.89. The average Bonchev–Trinajstić information content (AvgIpc) is 3.56. The number of hydrogen-bond donors (Lipinski definition) is 0. The second-order valence-electron chi connectivity index (χ2n) is 8.85. The maximum absolute atomic E-state index is 13.8. The first-order chi connectivity index (χ1) is 19.3. The third-order valence-corrected chi connectivity index (χ3v) is 7.40. The van der Waals surface area contributed by atoms with Crippen LogP contribution < -0.4 is 19.6 Å². The molecule has 1 aliphatic rings. The molecule has 1 aliphatic heterocycles. The Hall–Kier alpha value is -4.70. The van der Waals surface area contributed by atoms with Crippen LogP contribution in [0.3, 0.4) is 0 Å². The maximum Gasteiger partial charge on any atom is 0.338 e. The molecular formula is C30H26N2O7S. The molecule has 3 heterocycles. The highest BCUT2D eigenvalue weighted by atomic mass is 32.1. The fraction of sp³-hybridized carbons (Fsp3) is 0.200. The Labute approximate surface area is 233 Å². The Balaban J connectivity index is 1.58. The van der Waals surface area contributed by atoms with Gasteiger partial charge in [-0.15, -0.1) is 0 Å². The summed E-state index contributed by atoms with van der Waals surface area (Å²) in [5.74, 6) is 0.692. The lowest BCUT2D eigenvalue weighted by atomic mass is 9.95. The minimum absolute atomic E-state index is 0.192. The number of ether oxygens (including phenoxy) is 3. The van der Waals surface area contributed by atoms with E-state index in [0.29, 0.717) is 49.0 Å². The lowest BCUT2D eigenvalue weighted by molar-refractivity contribution is -0.139. The fourth-order valence-corrected chi connectivity index (χ4v) is 5.55. The first-order valence-electron chi connectivity index (χ1n) is 12.5. The maximum atomic E-state index is 13.8. The minimum atomic E-state index is -0.743. The van der Waals surface area contributed by atoms with E-state index < -0.39 is 18.0 Å². The quantitative estimate of drug-likeness (QED) is 0.317. The van der Waals surface area contributed by atoms with Crippen LogP contribution in [0.25, 0.3) is 17.4 Å². The van der Waals surface area contributed by atoms with Crippen molar-refractivity contribution in [3.63, 3.8) is 0 Å². The summed E-state index contributed by atoms with van der Waals surface area (Å²) in [6.45, 7) is 3.66. The van der Waals surface area contributed by atoms with Crippen molar-refractivity contribution >= 4 is 29.4 Å². The van der Waals surface area contributed by atoms with E-state index >= 15 is 0 Å². The number of furan rings is 1. The number of nitrogens with zero attached hydrogens (tertiary/aromatic N) is 2. The number of fused-ring (bicyclic) bond motifs is 1. The molecule has 0 saturated carbocycles. The summed E-state index contributed by atoms with van der Waals surface area (Å²) < 4.78 is 23.4. The highest BCUT2D eigenvalue weighted by molar-refractivity contribution is 7.07. The Morgan fingerprint density at radius 3 is 2.55 bits per heavy atom. The van der Waals surface area contributed by atoms with E-state index in [1.54, 1.807) is 75.6 Å². The number of carbonyl (C=O) groups is 2. The zero-order chi connectivity index (χ0) is 28.4. The number of methoxy groups -OCH3 is 2. The first-order valence-corrected chi connectivity index (χ1v) is 13.3. The smallest absolute Gasteiger partial charge is 0.338 e. The highest BCUT2D eigenvalue weighted by Gasteiger charge is 2.33. The number of benzene rings is 2. The number of rotatable bonds is 7. The molecule has 0 amide bonds. The van der Waals surface area contributed by atoms with Crippen molar-refractivity contribution in [2.24, 2.45) is 4.99 Å². The van der Waals surface area contributed by atoms with Crippen LogP contribution in [0.1, 0.15) is 41.6 Å². The summed E-state index contributed by atoms with van der Waals surface area (Å²) in [6, 6.07) is 16.9. The van der Waals surface area contributed by atoms with Crippen molar-refractivity contribution < 1.29 is 28.2 Å². The Bertz CT molecular complexity index is 1810. The van der Waals surface area contributed by atoms with E-state index in [9.17, 15) is 14.4 Å². The van der Waals surface area contributed by atoms with E-state index in [2.05, 4.69) is 4.99 Å². The molecule has 0 N–H and O–H groups in total. The van der Waals surface area contributed by atoms with Gasteiger partial charge >= 0.3 is 11.9 Å². The molecule has 0 bridgehead atoms. The Kier molecular flexibility index (Phi) is 7.52. The predicted octanol–water partition coefficient (Wildman–Crippen LogP) is 3.85. The van der Waals surface area contributed by atoms with Gasteiger partial charge in [0.05, 0.1) is 48.2 Å². The fourth-order valence-electron chi connectivity index (χ4n) is 4.52. The van der Waals surface area contributed by atoms with Gasteiger partial charge in [-0.1, -0.05) is 35.6 Å². The molecule has 0 fully saturated rings. The molecular weight excluding hydrogens is 532 g/mol. The molecule has 4 aromatic rings. The van der Waals surface area contributed by atoms with Crippen molar-refractivity contribution in [2.75, 3.05) is 20.8 Å². The first kappa shape index (κ1) is 26.9. The van der Waals surface area contributed by atoms with Crippen LogP contribution >= 0.6 is 11.3 Å². The molecule has 204 valence electrons. The van der Waals surface area contributed by atoms with Crippen LogP contribution in [0.2, 0.25) is 0 Å². The van der Waals surface area contributed by atoms with Crippen LogP contribution in [0.15, 0.2) is 86.1 Å². The van der Waals surface area contributed by atoms with Crippen molar-refractivity contribution in [3.8, 4) is 17.1 Å². The molecule has 0 radical (unpaired) electrons. The van der Waals surface area contributed by atoms with E-state index in [-0.39, 0.29) is 12.2 Å². The molecule has 10 heteroatoms. The number of thiazole rings is 1. The van der Waals surface area contributed by atoms with Crippen molar-refractivity contribution in [3.05, 3.63) is 109 Å². The molecule has 1 unspecified atom stereocenters. The lowest BCUT2D eigenvalue weighted by Crippen LogP contribution is -2.39. The van der Waals surface area contributed by atoms with Crippen LogP contribution in [0.4, 0.5) is 0 Å². The number of allylic oxidation sites excluding steroid dienone is 1. The van der Waals surface area contributed by atoms with Crippen LogP contribution in [0.5, 0.6) is 5.75 Å². The van der Waals surface area contributed by atoms with Crippen LogP contribution in [0, 0.1) is 0 Å². The molecule has 1 atom stereocenters. The standard InChI is InChI=1S/C30H26N2O7S/c1-5-38-29(35)25-17(2)31-30-32(26(25)20-7-6-8-21(15-20)36-3)27(33)24(40-30)16-22-13-14-23(39-22)18-9-11-19(12-10-18)28(34)37-4/h6-16,26H,5H2,1-4H3/b24-16-. The van der Waals surface area contributed by atoms with Crippen LogP contribution in [-0.2, 0) is 14.3 Å². The average molecular weight is 559 g/mol. The number of esters is 2. The number of hydrogen-bond acceptors (Lipinski definition) is 9. The summed E-state index contributed by atoms with van der Waals surface area (Å²) in [4.78, 5) is 43.6. The summed E-state index contributed by atoms with van der Waals surface area (Å²) in [5, 5.41) is 0. The number of aromatic nitrogens is 1. The molecule has 0 aliphatic carbocycles. The third-order valence-electron chi connectivity index (χ3n) is 6.42. The summed E-state index contributed by atoms with van der Waals surface area (Å²) >= 11 is 1.21. The van der Waals surface area contributed by atoms with E-state index in [1.165, 1.54) is 23.0 Å². The van der Waals surface area contributed by atoms with E-state index in [4.69, 9.17) is 18.6 Å². The van der Waals surface area contributed by atoms with Gasteiger partial charge in [0.25, 0.3) is 5.56 Å². The van der Waals surface area contributed by atoms with Gasteiger partial charge in [-0.25, -0.2) is 14.6 Å². The Morgan fingerprint density at radius 2 is 1.85 bits per heavy atom. The molecule has 2 aromatic heterocycles. The van der Waals surface area contributed by atoms with Gasteiger partial charge in [-0.3, -0.25) is 9.36 Å². The molecule has 40 heavy (non-hydrogen) atoms. The summed E-state index contributed by atoms with van der Waals surface area (Å²) in [6.07, 6.45) is 1.65. The largest absolute Gasteiger partial charge is 0.497 e. The summed E-state index contributed by atoms with van der Waals surface area (Å²) in [5.41, 5.74) is 2.36. The van der Waals surface area contributed by atoms with Crippen molar-refractivity contribution in [1.82, 2.24) is 4.57 Å². The van der Waals surface area contributed by atoms with Gasteiger partial charge in [0.2, 0.25) is 0 Å². The van der Waals surface area contributed by atoms with Gasteiger partial charge < -0.3 is 18.6 Å². The van der Waals surface area contributed by atoms with E-state index in [1.807, 2.05) is 12.1 Å².